The standard InChI is InChI=1S/C8H17BrO4S/c1-8(2,14(10)11)7-13-6-5-12-4-3-9/h3-7H2,1-2H3,(H,10,11). The van der Waals surface area contributed by atoms with E-state index in [1.54, 1.807) is 13.8 Å². The van der Waals surface area contributed by atoms with E-state index in [0.29, 0.717) is 19.8 Å². The van der Waals surface area contributed by atoms with Gasteiger partial charge in [-0.25, -0.2) is 4.21 Å². The lowest BCUT2D eigenvalue weighted by Gasteiger charge is -2.19. The third-order valence-corrected chi connectivity index (χ3v) is 2.90. The lowest BCUT2D eigenvalue weighted by Crippen LogP contribution is -2.32. The average Bonchev–Trinajstić information content (AvgIpc) is 2.10. The first-order valence-electron chi connectivity index (χ1n) is 4.33. The minimum absolute atomic E-state index is 0.258. The molecule has 0 aromatic rings. The van der Waals surface area contributed by atoms with Crippen molar-refractivity contribution in [2.75, 3.05) is 31.8 Å². The van der Waals surface area contributed by atoms with Crippen molar-refractivity contribution < 1.29 is 18.2 Å². The fourth-order valence-corrected chi connectivity index (χ4v) is 1.06. The Bertz CT molecular complexity index is 175. The molecule has 6 heteroatoms. The number of hydrogen-bond donors (Lipinski definition) is 1. The molecule has 1 unspecified atom stereocenters. The molecule has 0 amide bonds. The molecule has 0 aromatic heterocycles. The maximum absolute atomic E-state index is 10.8. The molecule has 0 fully saturated rings. The first-order chi connectivity index (χ1) is 6.50. The summed E-state index contributed by atoms with van der Waals surface area (Å²) in [5, 5.41) is 0.805. The van der Waals surface area contributed by atoms with Crippen LogP contribution in [0.4, 0.5) is 0 Å². The highest BCUT2D eigenvalue weighted by Gasteiger charge is 2.24. The molecule has 0 bridgehead atoms. The number of ether oxygens (including phenoxy) is 2. The summed E-state index contributed by atoms with van der Waals surface area (Å²) in [6, 6.07) is 0. The van der Waals surface area contributed by atoms with Crippen molar-refractivity contribution in [2.24, 2.45) is 0 Å². The SMILES string of the molecule is CC(C)(COCCOCCBr)S(=O)O. The van der Waals surface area contributed by atoms with E-state index in [-0.39, 0.29) is 6.61 Å². The van der Waals surface area contributed by atoms with Gasteiger partial charge in [-0.2, -0.15) is 0 Å². The summed E-state index contributed by atoms with van der Waals surface area (Å²) < 4.78 is 29.3. The van der Waals surface area contributed by atoms with Gasteiger partial charge in [0.2, 0.25) is 0 Å². The smallest absolute Gasteiger partial charge is 0.160 e. The molecule has 0 spiro atoms. The topological polar surface area (TPSA) is 55.8 Å². The molecular weight excluding hydrogens is 272 g/mol. The quantitative estimate of drug-likeness (QED) is 0.417. The maximum atomic E-state index is 10.8. The van der Waals surface area contributed by atoms with Crippen molar-refractivity contribution in [3.63, 3.8) is 0 Å². The second-order valence-corrected chi connectivity index (χ2v) is 5.76. The first kappa shape index (κ1) is 14.5. The van der Waals surface area contributed by atoms with E-state index < -0.39 is 15.8 Å². The maximum Gasteiger partial charge on any atom is 0.160 e. The van der Waals surface area contributed by atoms with Crippen LogP contribution in [0.15, 0.2) is 0 Å². The van der Waals surface area contributed by atoms with Crippen LogP contribution in [0.1, 0.15) is 13.8 Å². The summed E-state index contributed by atoms with van der Waals surface area (Å²) in [6.07, 6.45) is 0. The molecule has 0 saturated heterocycles. The highest BCUT2D eigenvalue weighted by Crippen LogP contribution is 2.10. The monoisotopic (exact) mass is 288 g/mol. The molecular formula is C8H17BrO4S. The largest absolute Gasteiger partial charge is 0.378 e. The molecule has 14 heavy (non-hydrogen) atoms. The van der Waals surface area contributed by atoms with Gasteiger partial charge in [-0.1, -0.05) is 15.9 Å². The summed E-state index contributed by atoms with van der Waals surface area (Å²) in [7, 11) is 0. The number of hydrogen-bond acceptors (Lipinski definition) is 3. The lowest BCUT2D eigenvalue weighted by molar-refractivity contribution is 0.0465. The van der Waals surface area contributed by atoms with Gasteiger partial charge in [-0.15, -0.1) is 0 Å². The fraction of sp³-hybridized carbons (Fsp3) is 1.00. The Morgan fingerprint density at radius 1 is 1.29 bits per heavy atom. The van der Waals surface area contributed by atoms with Gasteiger partial charge in [-0.05, 0) is 13.8 Å². The molecule has 0 aliphatic rings. The van der Waals surface area contributed by atoms with Gasteiger partial charge in [-0.3, -0.25) is 0 Å². The predicted molar refractivity (Wildman–Crippen MR) is 60.3 cm³/mol. The van der Waals surface area contributed by atoms with E-state index in [9.17, 15) is 4.21 Å². The van der Waals surface area contributed by atoms with Gasteiger partial charge in [0.1, 0.15) is 0 Å². The van der Waals surface area contributed by atoms with E-state index in [4.69, 9.17) is 14.0 Å². The number of halogens is 1. The van der Waals surface area contributed by atoms with Gasteiger partial charge < -0.3 is 14.0 Å². The molecule has 0 aromatic carbocycles. The van der Waals surface area contributed by atoms with Crippen molar-refractivity contribution in [1.82, 2.24) is 0 Å². The molecule has 1 N–H and O–H groups in total. The predicted octanol–water partition coefficient (Wildman–Crippen LogP) is 1.41. The molecule has 86 valence electrons. The Balaban J connectivity index is 3.40. The van der Waals surface area contributed by atoms with Crippen LogP contribution >= 0.6 is 15.9 Å². The zero-order valence-electron chi connectivity index (χ0n) is 8.49. The molecule has 4 nitrogen and oxygen atoms in total. The molecule has 0 aliphatic carbocycles. The Morgan fingerprint density at radius 2 is 1.86 bits per heavy atom. The minimum Gasteiger partial charge on any atom is -0.378 e. The minimum atomic E-state index is -1.86. The van der Waals surface area contributed by atoms with Gasteiger partial charge in [0.05, 0.1) is 31.2 Å². The molecule has 0 radical (unpaired) electrons. The van der Waals surface area contributed by atoms with E-state index in [1.165, 1.54) is 0 Å². The van der Waals surface area contributed by atoms with Crippen LogP contribution in [0.2, 0.25) is 0 Å². The van der Waals surface area contributed by atoms with E-state index in [2.05, 4.69) is 15.9 Å². The van der Waals surface area contributed by atoms with Gasteiger partial charge >= 0.3 is 0 Å². The summed E-state index contributed by atoms with van der Waals surface area (Å²) in [5.41, 5.74) is 0. The molecule has 0 saturated carbocycles. The van der Waals surface area contributed by atoms with Crippen LogP contribution < -0.4 is 0 Å². The Kier molecular flexibility index (Phi) is 8.04. The Hall–Kier alpha value is 0.510. The van der Waals surface area contributed by atoms with Gasteiger partial charge in [0.15, 0.2) is 11.1 Å². The van der Waals surface area contributed by atoms with Crippen LogP contribution in [0.25, 0.3) is 0 Å². The van der Waals surface area contributed by atoms with Gasteiger partial charge in [0, 0.05) is 5.33 Å². The number of alkyl halides is 1. The highest BCUT2D eigenvalue weighted by molar-refractivity contribution is 9.09. The molecule has 0 heterocycles. The van der Waals surface area contributed by atoms with E-state index in [1.807, 2.05) is 0 Å². The first-order valence-corrected chi connectivity index (χ1v) is 6.56. The van der Waals surface area contributed by atoms with E-state index in [0.717, 1.165) is 5.33 Å². The second-order valence-electron chi connectivity index (χ2n) is 3.36. The summed E-state index contributed by atoms with van der Waals surface area (Å²) in [4.78, 5) is 0. The van der Waals surface area contributed by atoms with Crippen LogP contribution in [0.3, 0.4) is 0 Å². The van der Waals surface area contributed by atoms with Crippen molar-refractivity contribution in [3.05, 3.63) is 0 Å². The third kappa shape index (κ3) is 6.89. The van der Waals surface area contributed by atoms with Crippen LogP contribution in [-0.4, -0.2) is 45.3 Å². The molecule has 0 aliphatic heterocycles. The zero-order chi connectivity index (χ0) is 11.0. The fourth-order valence-electron chi connectivity index (χ4n) is 0.643. The lowest BCUT2D eigenvalue weighted by atomic mass is 10.2. The Labute approximate surface area is 95.8 Å². The van der Waals surface area contributed by atoms with Crippen LogP contribution in [0, 0.1) is 0 Å². The summed E-state index contributed by atoms with van der Waals surface area (Å²) >= 11 is 1.37. The van der Waals surface area contributed by atoms with Crippen LogP contribution in [0.5, 0.6) is 0 Å². The zero-order valence-corrected chi connectivity index (χ0v) is 10.9. The van der Waals surface area contributed by atoms with Crippen molar-refractivity contribution in [3.8, 4) is 0 Å². The Morgan fingerprint density at radius 3 is 2.36 bits per heavy atom. The normalized spacial score (nSPS) is 14.3. The molecule has 0 rings (SSSR count). The third-order valence-electron chi connectivity index (χ3n) is 1.52. The summed E-state index contributed by atoms with van der Waals surface area (Å²) in [6.45, 7) is 5.24. The van der Waals surface area contributed by atoms with Crippen molar-refractivity contribution in [1.29, 1.82) is 0 Å². The highest BCUT2D eigenvalue weighted by atomic mass is 79.9. The van der Waals surface area contributed by atoms with E-state index >= 15 is 0 Å². The van der Waals surface area contributed by atoms with Crippen molar-refractivity contribution >= 4 is 27.0 Å². The average molecular weight is 289 g/mol. The van der Waals surface area contributed by atoms with Gasteiger partial charge in [0.25, 0.3) is 0 Å². The second kappa shape index (κ2) is 7.76. The number of rotatable bonds is 8. The van der Waals surface area contributed by atoms with Crippen LogP contribution in [-0.2, 0) is 20.6 Å². The van der Waals surface area contributed by atoms with Crippen molar-refractivity contribution in [2.45, 2.75) is 18.6 Å². The summed E-state index contributed by atoms with van der Waals surface area (Å²) in [5.74, 6) is 0. The molecule has 1 atom stereocenters.